The normalized spacial score (nSPS) is 10.7. The molecule has 0 unspecified atom stereocenters. The minimum Gasteiger partial charge on any atom is -0.508 e. The summed E-state index contributed by atoms with van der Waals surface area (Å²) in [6.45, 7) is 0. The zero-order valence-electron chi connectivity index (χ0n) is 9.41. The maximum absolute atomic E-state index is 9.38. The minimum absolute atomic E-state index is 0.241. The molecule has 18 heavy (non-hydrogen) atoms. The minimum atomic E-state index is 0.241. The first-order valence-corrected chi connectivity index (χ1v) is 6.38. The fourth-order valence-corrected chi connectivity index (χ4v) is 2.31. The van der Waals surface area contributed by atoms with E-state index in [0.717, 1.165) is 11.1 Å². The van der Waals surface area contributed by atoms with Crippen molar-refractivity contribution in [2.24, 2.45) is 0 Å². The highest BCUT2D eigenvalue weighted by Gasteiger charge is 2.09. The Balaban J connectivity index is 1.82. The van der Waals surface area contributed by atoms with Gasteiger partial charge in [-0.15, -0.1) is 0 Å². The van der Waals surface area contributed by atoms with E-state index in [1.165, 1.54) is 0 Å². The van der Waals surface area contributed by atoms with Crippen LogP contribution in [0.5, 0.6) is 5.75 Å². The van der Waals surface area contributed by atoms with E-state index < -0.39 is 0 Å². The van der Waals surface area contributed by atoms with E-state index in [-0.39, 0.29) is 5.75 Å². The first-order valence-electron chi connectivity index (χ1n) is 5.44. The lowest BCUT2D eigenvalue weighted by Crippen LogP contribution is -1.87. The monoisotopic (exact) mass is 258 g/mol. The summed E-state index contributed by atoms with van der Waals surface area (Å²) in [6.07, 6.45) is 0.519. The maximum atomic E-state index is 9.38. The van der Waals surface area contributed by atoms with Gasteiger partial charge >= 0.3 is 0 Å². The third-order valence-electron chi connectivity index (χ3n) is 2.51. The average molecular weight is 258 g/mol. The Hall–Kier alpha value is -2.14. The molecule has 0 aliphatic rings. The fraction of sp³-hybridized carbons (Fsp3) is 0.0769. The lowest BCUT2D eigenvalue weighted by Gasteiger charge is -1.96. The quantitative estimate of drug-likeness (QED) is 0.784. The van der Waals surface area contributed by atoms with E-state index in [0.29, 0.717) is 18.1 Å². The van der Waals surface area contributed by atoms with Gasteiger partial charge in [0.15, 0.2) is 0 Å². The molecular formula is C13H10N2O2S. The van der Waals surface area contributed by atoms with Gasteiger partial charge in [-0.1, -0.05) is 17.3 Å². The van der Waals surface area contributed by atoms with Gasteiger partial charge in [0.1, 0.15) is 5.75 Å². The summed E-state index contributed by atoms with van der Waals surface area (Å²) < 4.78 is 5.19. The number of phenols is 1. The summed E-state index contributed by atoms with van der Waals surface area (Å²) in [5, 5.41) is 17.3. The number of rotatable bonds is 3. The molecule has 0 bridgehead atoms. The molecule has 0 aliphatic carbocycles. The smallest absolute Gasteiger partial charge is 0.231 e. The molecule has 2 aromatic heterocycles. The predicted molar refractivity (Wildman–Crippen MR) is 68.5 cm³/mol. The number of phenolic OH excluding ortho intramolecular Hbond substituents is 1. The second kappa shape index (κ2) is 4.62. The molecule has 90 valence electrons. The molecule has 4 nitrogen and oxygen atoms in total. The van der Waals surface area contributed by atoms with Crippen LogP contribution in [0.4, 0.5) is 0 Å². The van der Waals surface area contributed by atoms with Crippen molar-refractivity contribution >= 4 is 11.3 Å². The molecule has 0 spiro atoms. The van der Waals surface area contributed by atoms with Gasteiger partial charge in [0.25, 0.3) is 0 Å². The second-order valence-electron chi connectivity index (χ2n) is 3.87. The predicted octanol–water partition coefficient (Wildman–Crippen LogP) is 3.09. The number of benzene rings is 1. The Bertz CT molecular complexity index is 647. The van der Waals surface area contributed by atoms with Gasteiger partial charge in [0.2, 0.25) is 11.7 Å². The summed E-state index contributed by atoms with van der Waals surface area (Å²) in [6, 6.07) is 8.98. The van der Waals surface area contributed by atoms with Crippen molar-refractivity contribution in [2.45, 2.75) is 6.42 Å². The molecule has 1 N–H and O–H groups in total. The van der Waals surface area contributed by atoms with Gasteiger partial charge in [-0.3, -0.25) is 0 Å². The van der Waals surface area contributed by atoms with Crippen LogP contribution in [0, 0.1) is 0 Å². The van der Waals surface area contributed by atoms with E-state index in [1.807, 2.05) is 22.9 Å². The molecule has 3 aromatic rings. The van der Waals surface area contributed by atoms with Gasteiger partial charge in [-0.25, -0.2) is 0 Å². The Labute approximate surface area is 108 Å². The van der Waals surface area contributed by atoms with Crippen LogP contribution < -0.4 is 0 Å². The largest absolute Gasteiger partial charge is 0.508 e. The number of nitrogens with zero attached hydrogens (tertiary/aromatic N) is 2. The molecule has 0 amide bonds. The average Bonchev–Trinajstić information content (AvgIpc) is 2.98. The van der Waals surface area contributed by atoms with Crippen molar-refractivity contribution in [2.75, 3.05) is 0 Å². The summed E-state index contributed by atoms with van der Waals surface area (Å²) >= 11 is 1.59. The summed E-state index contributed by atoms with van der Waals surface area (Å²) in [5.74, 6) is 1.39. The van der Waals surface area contributed by atoms with Gasteiger partial charge in [0.05, 0.1) is 6.42 Å². The standard InChI is InChI=1S/C13H10N2O2S/c16-11-3-1-2-9(6-11)7-12-14-13(15-17-12)10-4-5-18-8-10/h1-6,8,16H,7H2. The summed E-state index contributed by atoms with van der Waals surface area (Å²) in [4.78, 5) is 4.32. The zero-order chi connectivity index (χ0) is 12.4. The highest BCUT2D eigenvalue weighted by Crippen LogP contribution is 2.20. The SMILES string of the molecule is Oc1cccc(Cc2nc(-c3ccsc3)no2)c1. The molecule has 0 atom stereocenters. The Morgan fingerprint density at radius 1 is 1.28 bits per heavy atom. The van der Waals surface area contributed by atoms with Crippen LogP contribution in [-0.4, -0.2) is 15.2 Å². The molecule has 3 rings (SSSR count). The Kier molecular flexibility index (Phi) is 2.82. The number of thiophene rings is 1. The maximum Gasteiger partial charge on any atom is 0.231 e. The van der Waals surface area contributed by atoms with E-state index in [1.54, 1.807) is 29.5 Å². The topological polar surface area (TPSA) is 59.2 Å². The fourth-order valence-electron chi connectivity index (χ4n) is 1.68. The van der Waals surface area contributed by atoms with Crippen molar-refractivity contribution in [3.05, 3.63) is 52.5 Å². The van der Waals surface area contributed by atoms with Crippen LogP contribution in [0.3, 0.4) is 0 Å². The highest BCUT2D eigenvalue weighted by atomic mass is 32.1. The van der Waals surface area contributed by atoms with E-state index >= 15 is 0 Å². The molecule has 1 aromatic carbocycles. The van der Waals surface area contributed by atoms with E-state index in [9.17, 15) is 5.11 Å². The Morgan fingerprint density at radius 3 is 3.00 bits per heavy atom. The lowest BCUT2D eigenvalue weighted by molar-refractivity contribution is 0.385. The van der Waals surface area contributed by atoms with Gasteiger partial charge < -0.3 is 9.63 Å². The number of aromatic hydroxyl groups is 1. The zero-order valence-corrected chi connectivity index (χ0v) is 10.2. The first kappa shape index (κ1) is 11.0. The molecule has 5 heteroatoms. The van der Waals surface area contributed by atoms with Crippen molar-refractivity contribution in [3.63, 3.8) is 0 Å². The van der Waals surface area contributed by atoms with E-state index in [4.69, 9.17) is 4.52 Å². The molecule has 0 saturated heterocycles. The van der Waals surface area contributed by atoms with Crippen molar-refractivity contribution in [3.8, 4) is 17.1 Å². The molecular weight excluding hydrogens is 248 g/mol. The van der Waals surface area contributed by atoms with E-state index in [2.05, 4.69) is 10.1 Å². The third-order valence-corrected chi connectivity index (χ3v) is 3.20. The molecule has 0 aliphatic heterocycles. The Morgan fingerprint density at radius 2 is 2.22 bits per heavy atom. The van der Waals surface area contributed by atoms with Crippen LogP contribution in [0.25, 0.3) is 11.4 Å². The summed E-state index contributed by atoms with van der Waals surface area (Å²) in [7, 11) is 0. The summed E-state index contributed by atoms with van der Waals surface area (Å²) in [5.41, 5.74) is 1.90. The third kappa shape index (κ3) is 2.26. The number of hydrogen-bond acceptors (Lipinski definition) is 5. The van der Waals surface area contributed by atoms with Gasteiger partial charge in [0, 0.05) is 10.9 Å². The van der Waals surface area contributed by atoms with Crippen molar-refractivity contribution in [1.29, 1.82) is 0 Å². The molecule has 0 fully saturated rings. The van der Waals surface area contributed by atoms with Crippen LogP contribution in [-0.2, 0) is 6.42 Å². The van der Waals surface area contributed by atoms with Gasteiger partial charge in [-0.2, -0.15) is 16.3 Å². The second-order valence-corrected chi connectivity index (χ2v) is 4.65. The van der Waals surface area contributed by atoms with Crippen molar-refractivity contribution in [1.82, 2.24) is 10.1 Å². The number of aromatic nitrogens is 2. The van der Waals surface area contributed by atoms with Gasteiger partial charge in [-0.05, 0) is 29.1 Å². The first-order chi connectivity index (χ1) is 8.81. The number of hydrogen-bond donors (Lipinski definition) is 1. The van der Waals surface area contributed by atoms with Crippen molar-refractivity contribution < 1.29 is 9.63 Å². The lowest BCUT2D eigenvalue weighted by atomic mass is 10.1. The highest BCUT2D eigenvalue weighted by molar-refractivity contribution is 7.08. The molecule has 0 saturated carbocycles. The van der Waals surface area contributed by atoms with Crippen LogP contribution in [0.1, 0.15) is 11.5 Å². The van der Waals surface area contributed by atoms with Crippen LogP contribution >= 0.6 is 11.3 Å². The molecule has 2 heterocycles. The molecule has 0 radical (unpaired) electrons. The van der Waals surface area contributed by atoms with Crippen LogP contribution in [0.15, 0.2) is 45.6 Å². The van der Waals surface area contributed by atoms with Crippen LogP contribution in [0.2, 0.25) is 0 Å².